The third kappa shape index (κ3) is 1.77. The molecule has 3 atom stereocenters. The van der Waals surface area contributed by atoms with E-state index in [0.717, 1.165) is 32.5 Å². The summed E-state index contributed by atoms with van der Waals surface area (Å²) < 4.78 is 5.43. The Bertz CT molecular complexity index is 231. The van der Waals surface area contributed by atoms with Gasteiger partial charge in [0, 0.05) is 19.1 Å². The van der Waals surface area contributed by atoms with Crippen molar-refractivity contribution in [3.8, 4) is 0 Å². The van der Waals surface area contributed by atoms with Crippen molar-refractivity contribution in [2.24, 2.45) is 5.92 Å². The summed E-state index contributed by atoms with van der Waals surface area (Å²) >= 11 is 0. The molecule has 1 saturated heterocycles. The Morgan fingerprint density at radius 3 is 2.79 bits per heavy atom. The molecule has 2 aliphatic rings. The average molecular weight is 199 g/mol. The molecule has 2 fully saturated rings. The van der Waals surface area contributed by atoms with E-state index in [4.69, 9.17) is 9.84 Å². The van der Waals surface area contributed by atoms with Crippen LogP contribution in [0.25, 0.3) is 0 Å². The maximum absolute atomic E-state index is 10.9. The topological polar surface area (TPSA) is 49.8 Å². The second-order valence-electron chi connectivity index (χ2n) is 4.27. The van der Waals surface area contributed by atoms with Gasteiger partial charge in [-0.2, -0.15) is 0 Å². The highest BCUT2D eigenvalue weighted by molar-refractivity contribution is 5.72. The molecule has 0 radical (unpaired) electrons. The first-order chi connectivity index (χ1) is 6.68. The van der Waals surface area contributed by atoms with Crippen molar-refractivity contribution in [2.75, 3.05) is 19.7 Å². The molecule has 1 heterocycles. The van der Waals surface area contributed by atoms with Gasteiger partial charge >= 0.3 is 5.97 Å². The first-order valence-electron chi connectivity index (χ1n) is 5.27. The minimum Gasteiger partial charge on any atom is -0.481 e. The number of nitrogens with zero attached hydrogens (tertiary/aromatic N) is 1. The summed E-state index contributed by atoms with van der Waals surface area (Å²) in [6.07, 6.45) is 2.12. The lowest BCUT2D eigenvalue weighted by Gasteiger charge is -2.45. The number of carbonyl (C=O) groups is 1. The van der Waals surface area contributed by atoms with E-state index in [1.165, 1.54) is 0 Å². The van der Waals surface area contributed by atoms with Gasteiger partial charge in [0.15, 0.2) is 0 Å². The number of hydrogen-bond acceptors (Lipinski definition) is 3. The summed E-state index contributed by atoms with van der Waals surface area (Å²) in [5.74, 6) is -0.777. The summed E-state index contributed by atoms with van der Waals surface area (Å²) in [5, 5.41) is 8.94. The van der Waals surface area contributed by atoms with Gasteiger partial charge in [-0.15, -0.1) is 0 Å². The van der Waals surface area contributed by atoms with Crippen LogP contribution in [0.4, 0.5) is 0 Å². The third-order valence-electron chi connectivity index (χ3n) is 3.30. The fourth-order valence-electron chi connectivity index (χ4n) is 2.35. The smallest absolute Gasteiger partial charge is 0.308 e. The van der Waals surface area contributed by atoms with Crippen LogP contribution in [0.5, 0.6) is 0 Å². The number of hydrogen-bond donors (Lipinski definition) is 1. The van der Waals surface area contributed by atoms with Gasteiger partial charge in [0.25, 0.3) is 0 Å². The Morgan fingerprint density at radius 2 is 2.29 bits per heavy atom. The largest absolute Gasteiger partial charge is 0.481 e. The lowest BCUT2D eigenvalue weighted by atomic mass is 9.78. The Hall–Kier alpha value is -0.610. The third-order valence-corrected chi connectivity index (χ3v) is 3.30. The van der Waals surface area contributed by atoms with E-state index in [1.54, 1.807) is 0 Å². The number of carboxylic acids is 1. The fraction of sp³-hybridized carbons (Fsp3) is 0.900. The quantitative estimate of drug-likeness (QED) is 0.706. The molecule has 0 bridgehead atoms. The van der Waals surface area contributed by atoms with Gasteiger partial charge in [-0.3, -0.25) is 9.69 Å². The van der Waals surface area contributed by atoms with Crippen molar-refractivity contribution in [3.05, 3.63) is 0 Å². The Balaban J connectivity index is 1.91. The predicted octanol–water partition coefficient (Wildman–Crippen LogP) is 0.570. The van der Waals surface area contributed by atoms with Crippen molar-refractivity contribution >= 4 is 5.97 Å². The maximum atomic E-state index is 10.9. The van der Waals surface area contributed by atoms with Gasteiger partial charge in [-0.05, 0) is 19.8 Å². The van der Waals surface area contributed by atoms with E-state index in [0.29, 0.717) is 0 Å². The highest BCUT2D eigenvalue weighted by atomic mass is 16.5. The molecule has 1 saturated carbocycles. The first-order valence-corrected chi connectivity index (χ1v) is 5.27. The molecule has 1 aliphatic heterocycles. The average Bonchev–Trinajstić information content (AvgIpc) is 2.00. The van der Waals surface area contributed by atoms with Crippen LogP contribution in [0.3, 0.4) is 0 Å². The number of carboxylic acid groups (broad SMARTS) is 1. The van der Waals surface area contributed by atoms with Crippen molar-refractivity contribution in [1.82, 2.24) is 4.90 Å². The van der Waals surface area contributed by atoms with E-state index in [-0.39, 0.29) is 18.1 Å². The van der Waals surface area contributed by atoms with Crippen molar-refractivity contribution in [2.45, 2.75) is 31.9 Å². The van der Waals surface area contributed by atoms with Crippen molar-refractivity contribution < 1.29 is 14.6 Å². The molecule has 80 valence electrons. The van der Waals surface area contributed by atoms with Crippen LogP contribution in [-0.4, -0.2) is 47.8 Å². The molecule has 0 aromatic rings. The maximum Gasteiger partial charge on any atom is 0.308 e. The zero-order valence-corrected chi connectivity index (χ0v) is 8.48. The second kappa shape index (κ2) is 3.87. The molecule has 0 aromatic carbocycles. The van der Waals surface area contributed by atoms with E-state index in [1.807, 2.05) is 6.92 Å². The molecule has 0 unspecified atom stereocenters. The molecule has 2 rings (SSSR count). The van der Waals surface area contributed by atoms with Gasteiger partial charge in [-0.1, -0.05) is 0 Å². The van der Waals surface area contributed by atoms with Crippen LogP contribution in [-0.2, 0) is 9.53 Å². The summed E-state index contributed by atoms with van der Waals surface area (Å²) in [7, 11) is 0. The van der Waals surface area contributed by atoms with Gasteiger partial charge in [-0.25, -0.2) is 0 Å². The normalized spacial score (nSPS) is 39.1. The first kappa shape index (κ1) is 9.93. The molecule has 0 amide bonds. The zero-order chi connectivity index (χ0) is 10.1. The molecule has 0 spiro atoms. The Labute approximate surface area is 83.8 Å². The minimum absolute atomic E-state index is 0.139. The standard InChI is InChI=1S/C10H17NO3/c1-7-6-11(4-5-14-7)9-3-2-8(9)10(12)13/h7-9H,2-6H2,1H3,(H,12,13)/t7-,8-,9-/m1/s1. The van der Waals surface area contributed by atoms with Crippen molar-refractivity contribution in [3.63, 3.8) is 0 Å². The number of rotatable bonds is 2. The minimum atomic E-state index is -0.639. The second-order valence-corrected chi connectivity index (χ2v) is 4.27. The molecule has 0 aromatic heterocycles. The molecule has 1 N–H and O–H groups in total. The van der Waals surface area contributed by atoms with Crippen LogP contribution in [0.15, 0.2) is 0 Å². The predicted molar refractivity (Wildman–Crippen MR) is 51.1 cm³/mol. The monoisotopic (exact) mass is 199 g/mol. The summed E-state index contributed by atoms with van der Waals surface area (Å²) in [4.78, 5) is 13.1. The molecular formula is C10H17NO3. The highest BCUT2D eigenvalue weighted by Crippen LogP contribution is 2.33. The molecule has 4 nitrogen and oxygen atoms in total. The van der Waals surface area contributed by atoms with Crippen LogP contribution in [0.1, 0.15) is 19.8 Å². The molecule has 14 heavy (non-hydrogen) atoms. The molecule has 4 heteroatoms. The van der Waals surface area contributed by atoms with Crippen molar-refractivity contribution in [1.29, 1.82) is 0 Å². The fourth-order valence-corrected chi connectivity index (χ4v) is 2.35. The summed E-state index contributed by atoms with van der Waals surface area (Å²) in [6, 6.07) is 0.263. The van der Waals surface area contributed by atoms with Gasteiger partial charge < -0.3 is 9.84 Å². The van der Waals surface area contributed by atoms with Crippen LogP contribution in [0.2, 0.25) is 0 Å². The van der Waals surface area contributed by atoms with E-state index >= 15 is 0 Å². The van der Waals surface area contributed by atoms with Gasteiger partial charge in [0.1, 0.15) is 0 Å². The van der Waals surface area contributed by atoms with Crippen LogP contribution < -0.4 is 0 Å². The summed E-state index contributed by atoms with van der Waals surface area (Å²) in [6.45, 7) is 4.55. The van der Waals surface area contributed by atoms with E-state index in [9.17, 15) is 4.79 Å². The Kier molecular flexibility index (Phi) is 2.74. The highest BCUT2D eigenvalue weighted by Gasteiger charge is 2.41. The SMILES string of the molecule is C[C@@H]1CN([C@@H]2CC[C@H]2C(=O)O)CCO1. The van der Waals surface area contributed by atoms with E-state index < -0.39 is 5.97 Å². The van der Waals surface area contributed by atoms with E-state index in [2.05, 4.69) is 4.90 Å². The molecular weight excluding hydrogens is 182 g/mol. The van der Waals surface area contributed by atoms with Gasteiger partial charge in [0.2, 0.25) is 0 Å². The van der Waals surface area contributed by atoms with Gasteiger partial charge in [0.05, 0.1) is 18.6 Å². The zero-order valence-electron chi connectivity index (χ0n) is 8.48. The molecule has 1 aliphatic carbocycles. The van der Waals surface area contributed by atoms with Crippen LogP contribution >= 0.6 is 0 Å². The lowest BCUT2D eigenvalue weighted by molar-refractivity contribution is -0.151. The Morgan fingerprint density at radius 1 is 1.50 bits per heavy atom. The number of morpholine rings is 1. The number of ether oxygens (including phenoxy) is 1. The summed E-state index contributed by atoms with van der Waals surface area (Å²) in [5.41, 5.74) is 0. The van der Waals surface area contributed by atoms with Crippen LogP contribution in [0, 0.1) is 5.92 Å². The number of aliphatic carboxylic acids is 1. The lowest BCUT2D eigenvalue weighted by Crippen LogP contribution is -2.55.